The van der Waals surface area contributed by atoms with Crippen molar-refractivity contribution in [2.24, 2.45) is 5.92 Å². The highest BCUT2D eigenvalue weighted by Gasteiger charge is 2.27. The Morgan fingerprint density at radius 3 is 2.38 bits per heavy atom. The van der Waals surface area contributed by atoms with Crippen molar-refractivity contribution in [3.8, 4) is 0 Å². The number of carbonyl (C=O) groups is 3. The number of methoxy groups -OCH3 is 1. The number of likely N-dealkylation sites (tertiary alicyclic amines) is 1. The average Bonchev–Trinajstić information content (AvgIpc) is 2.52. The van der Waals surface area contributed by atoms with Gasteiger partial charge >= 0.3 is 12.1 Å². The molecule has 0 saturated carbocycles. The molecule has 0 bridgehead atoms. The first kappa shape index (κ1) is 20.6. The predicted octanol–water partition coefficient (Wildman–Crippen LogP) is 1.66. The number of hydrogen-bond donors (Lipinski definition) is 1. The third-order valence-electron chi connectivity index (χ3n) is 3.52. The molecule has 1 saturated heterocycles. The molecule has 0 aromatic heterocycles. The lowest BCUT2D eigenvalue weighted by molar-refractivity contribution is -0.148. The molecule has 138 valence electrons. The molecule has 1 rings (SSSR count). The first-order chi connectivity index (χ1) is 11.2. The van der Waals surface area contributed by atoms with Gasteiger partial charge in [0.2, 0.25) is 5.91 Å². The molecule has 1 N–H and O–H groups in total. The molecule has 7 nitrogen and oxygen atoms in total. The van der Waals surface area contributed by atoms with Crippen LogP contribution < -0.4 is 5.32 Å². The average molecular weight is 360 g/mol. The van der Waals surface area contributed by atoms with E-state index in [0.29, 0.717) is 44.0 Å². The molecule has 1 fully saturated rings. The number of hydrogen-bond acceptors (Lipinski definition) is 6. The highest BCUT2D eigenvalue weighted by atomic mass is 32.2. The standard InChI is InChI=1S/C16H28N2O5S/c1-16(2,3)23-15(21)17-7-10-24-11-13(19)18-8-5-12(6-9-18)14(20)22-4/h12H,5-11H2,1-4H3,(H,17,21). The van der Waals surface area contributed by atoms with E-state index in [0.717, 1.165) is 0 Å². The summed E-state index contributed by atoms with van der Waals surface area (Å²) in [5.41, 5.74) is -0.510. The molecule has 0 radical (unpaired) electrons. The minimum Gasteiger partial charge on any atom is -0.469 e. The monoisotopic (exact) mass is 360 g/mol. The van der Waals surface area contributed by atoms with Gasteiger partial charge in [-0.25, -0.2) is 4.79 Å². The Balaban J connectivity index is 2.13. The third kappa shape index (κ3) is 7.90. The number of amides is 2. The Kier molecular flexibility index (Phi) is 8.38. The Morgan fingerprint density at radius 1 is 1.21 bits per heavy atom. The van der Waals surface area contributed by atoms with E-state index in [-0.39, 0.29) is 17.8 Å². The van der Waals surface area contributed by atoms with Crippen LogP contribution in [-0.4, -0.2) is 66.7 Å². The minimum absolute atomic E-state index is 0.0700. The van der Waals surface area contributed by atoms with Crippen LogP contribution >= 0.6 is 11.8 Å². The zero-order chi connectivity index (χ0) is 18.2. The molecule has 0 aromatic carbocycles. The number of nitrogens with zero attached hydrogens (tertiary/aromatic N) is 1. The Hall–Kier alpha value is -1.44. The molecule has 0 atom stereocenters. The van der Waals surface area contributed by atoms with Gasteiger partial charge in [0.05, 0.1) is 18.8 Å². The van der Waals surface area contributed by atoms with Crippen LogP contribution in [0, 0.1) is 5.92 Å². The van der Waals surface area contributed by atoms with Gasteiger partial charge < -0.3 is 19.7 Å². The summed E-state index contributed by atoms with van der Waals surface area (Å²) >= 11 is 1.47. The van der Waals surface area contributed by atoms with Gasteiger partial charge in [-0.05, 0) is 33.6 Å². The maximum absolute atomic E-state index is 12.1. The van der Waals surface area contributed by atoms with Gasteiger partial charge in [-0.2, -0.15) is 11.8 Å². The number of piperidine rings is 1. The number of rotatable bonds is 6. The summed E-state index contributed by atoms with van der Waals surface area (Å²) < 4.78 is 9.86. The van der Waals surface area contributed by atoms with Crippen LogP contribution in [0.3, 0.4) is 0 Å². The molecular formula is C16H28N2O5S. The maximum Gasteiger partial charge on any atom is 0.407 e. The van der Waals surface area contributed by atoms with Crippen molar-refractivity contribution in [2.45, 2.75) is 39.2 Å². The summed E-state index contributed by atoms with van der Waals surface area (Å²) in [6, 6.07) is 0. The fourth-order valence-electron chi connectivity index (χ4n) is 2.32. The number of alkyl carbamates (subject to hydrolysis) is 1. The Morgan fingerprint density at radius 2 is 1.83 bits per heavy atom. The van der Waals surface area contributed by atoms with Crippen molar-refractivity contribution in [2.75, 3.05) is 38.2 Å². The van der Waals surface area contributed by atoms with Crippen molar-refractivity contribution < 1.29 is 23.9 Å². The van der Waals surface area contributed by atoms with Crippen LogP contribution in [0.15, 0.2) is 0 Å². The van der Waals surface area contributed by atoms with E-state index in [4.69, 9.17) is 9.47 Å². The Bertz CT molecular complexity index is 442. The summed E-state index contributed by atoms with van der Waals surface area (Å²) in [6.45, 7) is 7.07. The highest BCUT2D eigenvalue weighted by Crippen LogP contribution is 2.19. The zero-order valence-electron chi connectivity index (χ0n) is 14.9. The van der Waals surface area contributed by atoms with Crippen LogP contribution in [0.1, 0.15) is 33.6 Å². The lowest BCUT2D eigenvalue weighted by Gasteiger charge is -2.30. The van der Waals surface area contributed by atoms with Gasteiger partial charge in [0, 0.05) is 25.4 Å². The second-order valence-corrected chi connectivity index (χ2v) is 7.76. The number of esters is 1. The lowest BCUT2D eigenvalue weighted by Crippen LogP contribution is -2.41. The smallest absolute Gasteiger partial charge is 0.407 e. The van der Waals surface area contributed by atoms with Gasteiger partial charge in [0.1, 0.15) is 5.60 Å². The van der Waals surface area contributed by atoms with E-state index < -0.39 is 11.7 Å². The zero-order valence-corrected chi connectivity index (χ0v) is 15.7. The van der Waals surface area contributed by atoms with Crippen molar-refractivity contribution in [3.05, 3.63) is 0 Å². The summed E-state index contributed by atoms with van der Waals surface area (Å²) in [5.74, 6) is 0.803. The van der Waals surface area contributed by atoms with Gasteiger partial charge in [-0.15, -0.1) is 0 Å². The fourth-order valence-corrected chi connectivity index (χ4v) is 3.07. The van der Waals surface area contributed by atoms with Crippen molar-refractivity contribution in [3.63, 3.8) is 0 Å². The molecule has 0 spiro atoms. The second kappa shape index (κ2) is 9.76. The van der Waals surface area contributed by atoms with Gasteiger partial charge in [0.25, 0.3) is 0 Å². The minimum atomic E-state index is -0.510. The summed E-state index contributed by atoms with van der Waals surface area (Å²) in [5, 5.41) is 2.66. The Labute approximate surface area is 147 Å². The number of nitrogens with one attached hydrogen (secondary N) is 1. The molecule has 8 heteroatoms. The van der Waals surface area contributed by atoms with Crippen LogP contribution in [0.25, 0.3) is 0 Å². The first-order valence-corrected chi connectivity index (χ1v) is 9.28. The quantitative estimate of drug-likeness (QED) is 0.573. The van der Waals surface area contributed by atoms with Crippen molar-refractivity contribution >= 4 is 29.7 Å². The summed E-state index contributed by atoms with van der Waals surface area (Å²) in [4.78, 5) is 36.8. The summed E-state index contributed by atoms with van der Waals surface area (Å²) in [7, 11) is 1.39. The maximum atomic E-state index is 12.1. The van der Waals surface area contributed by atoms with E-state index >= 15 is 0 Å². The van der Waals surface area contributed by atoms with Crippen molar-refractivity contribution in [1.29, 1.82) is 0 Å². The van der Waals surface area contributed by atoms with E-state index in [2.05, 4.69) is 5.32 Å². The predicted molar refractivity (Wildman–Crippen MR) is 92.9 cm³/mol. The number of thioether (sulfide) groups is 1. The van der Waals surface area contributed by atoms with E-state index in [1.54, 1.807) is 4.90 Å². The highest BCUT2D eigenvalue weighted by molar-refractivity contribution is 7.99. The molecule has 0 unspecified atom stereocenters. The van der Waals surface area contributed by atoms with Gasteiger partial charge in [-0.3, -0.25) is 9.59 Å². The molecule has 1 aliphatic heterocycles. The SMILES string of the molecule is COC(=O)C1CCN(C(=O)CSCCNC(=O)OC(C)(C)C)CC1. The number of ether oxygens (including phenoxy) is 2. The van der Waals surface area contributed by atoms with Crippen LogP contribution in [0.5, 0.6) is 0 Å². The van der Waals surface area contributed by atoms with Crippen LogP contribution in [0.2, 0.25) is 0 Å². The third-order valence-corrected chi connectivity index (χ3v) is 4.47. The molecule has 24 heavy (non-hydrogen) atoms. The van der Waals surface area contributed by atoms with Gasteiger partial charge in [-0.1, -0.05) is 0 Å². The summed E-state index contributed by atoms with van der Waals surface area (Å²) in [6.07, 6.45) is 0.867. The van der Waals surface area contributed by atoms with Gasteiger partial charge in [0.15, 0.2) is 0 Å². The van der Waals surface area contributed by atoms with Crippen LogP contribution in [0.4, 0.5) is 4.79 Å². The van der Waals surface area contributed by atoms with E-state index in [9.17, 15) is 14.4 Å². The van der Waals surface area contributed by atoms with Crippen LogP contribution in [-0.2, 0) is 19.1 Å². The van der Waals surface area contributed by atoms with E-state index in [1.807, 2.05) is 20.8 Å². The molecule has 2 amide bonds. The fraction of sp³-hybridized carbons (Fsp3) is 0.812. The number of carbonyl (C=O) groups excluding carboxylic acids is 3. The largest absolute Gasteiger partial charge is 0.469 e. The van der Waals surface area contributed by atoms with E-state index in [1.165, 1.54) is 18.9 Å². The second-order valence-electron chi connectivity index (χ2n) is 6.66. The molecular weight excluding hydrogens is 332 g/mol. The molecule has 1 heterocycles. The molecule has 1 aliphatic rings. The first-order valence-electron chi connectivity index (χ1n) is 8.13. The topological polar surface area (TPSA) is 84.9 Å². The molecule has 0 aromatic rings. The molecule has 0 aliphatic carbocycles. The van der Waals surface area contributed by atoms with Crippen molar-refractivity contribution in [1.82, 2.24) is 10.2 Å². The lowest BCUT2D eigenvalue weighted by atomic mass is 9.97. The normalized spacial score (nSPS) is 15.8.